The van der Waals surface area contributed by atoms with Crippen molar-refractivity contribution in [1.82, 2.24) is 0 Å². The van der Waals surface area contributed by atoms with Crippen molar-refractivity contribution in [2.24, 2.45) is 0 Å². The van der Waals surface area contributed by atoms with Crippen molar-refractivity contribution in [3.05, 3.63) is 59.2 Å². The second kappa shape index (κ2) is 6.09. The van der Waals surface area contributed by atoms with Crippen molar-refractivity contribution in [1.29, 1.82) is 0 Å². The van der Waals surface area contributed by atoms with Crippen molar-refractivity contribution in [2.75, 3.05) is 14.2 Å². The number of benzene rings is 2. The number of carboxylic acids is 1. The molecule has 0 aliphatic rings. The lowest BCUT2D eigenvalue weighted by Crippen LogP contribution is -2.10. The van der Waals surface area contributed by atoms with E-state index in [1.807, 2.05) is 0 Å². The highest BCUT2D eigenvalue weighted by Gasteiger charge is 2.20. The number of carbonyl (C=O) groups is 2. The predicted octanol–water partition coefficient (Wildman–Crippen LogP) is 2.63. The predicted molar refractivity (Wildman–Crippen MR) is 76.4 cm³/mol. The molecule has 5 nitrogen and oxygen atoms in total. The third-order valence-electron chi connectivity index (χ3n) is 3.05. The van der Waals surface area contributed by atoms with E-state index in [9.17, 15) is 14.7 Å². The van der Waals surface area contributed by atoms with Crippen LogP contribution in [0.4, 0.5) is 0 Å². The van der Waals surface area contributed by atoms with Crippen LogP contribution in [-0.4, -0.2) is 31.1 Å². The van der Waals surface area contributed by atoms with E-state index in [2.05, 4.69) is 0 Å². The van der Waals surface area contributed by atoms with Crippen molar-refractivity contribution in [3.63, 3.8) is 0 Å². The lowest BCUT2D eigenvalue weighted by Gasteiger charge is -2.11. The molecule has 0 saturated carbocycles. The van der Waals surface area contributed by atoms with Gasteiger partial charge < -0.3 is 14.6 Å². The fraction of sp³-hybridized carbons (Fsp3) is 0.125. The Bertz CT molecular complexity index is 691. The first-order valence-corrected chi connectivity index (χ1v) is 6.17. The molecule has 5 heteroatoms. The Morgan fingerprint density at radius 3 is 2.14 bits per heavy atom. The monoisotopic (exact) mass is 286 g/mol. The van der Waals surface area contributed by atoms with Gasteiger partial charge in [0.2, 0.25) is 0 Å². The number of ether oxygens (including phenoxy) is 2. The van der Waals surface area contributed by atoms with Crippen LogP contribution >= 0.6 is 0 Å². The number of ketones is 1. The highest BCUT2D eigenvalue weighted by molar-refractivity contribution is 6.15. The number of methoxy groups -OCH3 is 2. The molecule has 0 aliphatic carbocycles. The average Bonchev–Trinajstić information content (AvgIpc) is 2.53. The van der Waals surface area contributed by atoms with Crippen LogP contribution in [-0.2, 0) is 0 Å². The molecular weight excluding hydrogens is 272 g/mol. The summed E-state index contributed by atoms with van der Waals surface area (Å²) < 4.78 is 10.3. The molecule has 0 unspecified atom stereocenters. The molecule has 1 N–H and O–H groups in total. The number of hydrogen-bond donors (Lipinski definition) is 1. The largest absolute Gasteiger partial charge is 0.497 e. The van der Waals surface area contributed by atoms with E-state index >= 15 is 0 Å². The second-order valence-corrected chi connectivity index (χ2v) is 4.25. The molecule has 0 atom stereocenters. The SMILES string of the molecule is COc1ccc(OC)c(C(=O)c2ccccc2C(=O)O)c1. The van der Waals surface area contributed by atoms with Gasteiger partial charge in [-0.25, -0.2) is 4.79 Å². The summed E-state index contributed by atoms with van der Waals surface area (Å²) in [5.74, 6) is -0.725. The van der Waals surface area contributed by atoms with Crippen LogP contribution < -0.4 is 9.47 Å². The summed E-state index contributed by atoms with van der Waals surface area (Å²) in [6.07, 6.45) is 0. The Hall–Kier alpha value is -2.82. The third-order valence-corrected chi connectivity index (χ3v) is 3.05. The molecule has 0 fully saturated rings. The minimum absolute atomic E-state index is 0.0487. The van der Waals surface area contributed by atoms with Crippen LogP contribution in [0.15, 0.2) is 42.5 Å². The van der Waals surface area contributed by atoms with Gasteiger partial charge in [-0.2, -0.15) is 0 Å². The average molecular weight is 286 g/mol. The summed E-state index contributed by atoms with van der Waals surface area (Å²) in [5.41, 5.74) is 0.314. The van der Waals surface area contributed by atoms with E-state index in [1.165, 1.54) is 32.4 Å². The molecular formula is C16H14O5. The summed E-state index contributed by atoms with van der Waals surface area (Å²) in [7, 11) is 2.93. The van der Waals surface area contributed by atoms with E-state index in [4.69, 9.17) is 9.47 Å². The topological polar surface area (TPSA) is 72.8 Å². The third kappa shape index (κ3) is 2.86. The summed E-state index contributed by atoms with van der Waals surface area (Å²) in [6.45, 7) is 0. The smallest absolute Gasteiger partial charge is 0.336 e. The number of carboxylic acid groups (broad SMARTS) is 1. The van der Waals surface area contributed by atoms with Crippen LogP contribution in [0.5, 0.6) is 11.5 Å². The molecule has 108 valence electrons. The van der Waals surface area contributed by atoms with Gasteiger partial charge in [-0.15, -0.1) is 0 Å². The molecule has 0 aromatic heterocycles. The van der Waals surface area contributed by atoms with E-state index in [0.29, 0.717) is 11.5 Å². The van der Waals surface area contributed by atoms with Crippen molar-refractivity contribution < 1.29 is 24.2 Å². The van der Waals surface area contributed by atoms with Gasteiger partial charge in [0.1, 0.15) is 11.5 Å². The van der Waals surface area contributed by atoms with Crippen LogP contribution in [0.3, 0.4) is 0 Å². The molecule has 0 radical (unpaired) electrons. The first-order valence-electron chi connectivity index (χ1n) is 6.17. The molecule has 0 aliphatic heterocycles. The Morgan fingerprint density at radius 2 is 1.57 bits per heavy atom. The van der Waals surface area contributed by atoms with Crippen LogP contribution in [0.1, 0.15) is 26.3 Å². The minimum atomic E-state index is -1.15. The zero-order valence-corrected chi connectivity index (χ0v) is 11.6. The van der Waals surface area contributed by atoms with E-state index in [1.54, 1.807) is 24.3 Å². The van der Waals surface area contributed by atoms with E-state index in [0.717, 1.165) is 0 Å². The van der Waals surface area contributed by atoms with Crippen LogP contribution in [0, 0.1) is 0 Å². The molecule has 2 aromatic carbocycles. The fourth-order valence-electron chi connectivity index (χ4n) is 2.00. The molecule has 0 heterocycles. The molecule has 2 aromatic rings. The number of carbonyl (C=O) groups excluding carboxylic acids is 1. The fourth-order valence-corrected chi connectivity index (χ4v) is 2.00. The van der Waals surface area contributed by atoms with Gasteiger partial charge in [0.05, 0.1) is 25.3 Å². The maximum absolute atomic E-state index is 12.6. The zero-order chi connectivity index (χ0) is 15.4. The maximum atomic E-state index is 12.6. The first kappa shape index (κ1) is 14.6. The summed E-state index contributed by atoms with van der Waals surface area (Å²) in [5, 5.41) is 9.18. The Balaban J connectivity index is 2.57. The van der Waals surface area contributed by atoms with Gasteiger partial charge >= 0.3 is 5.97 Å². The Labute approximate surface area is 121 Å². The summed E-state index contributed by atoms with van der Waals surface area (Å²) in [4.78, 5) is 23.8. The molecule has 21 heavy (non-hydrogen) atoms. The van der Waals surface area contributed by atoms with Gasteiger partial charge in [0, 0.05) is 5.56 Å². The Kier molecular flexibility index (Phi) is 4.23. The lowest BCUT2D eigenvalue weighted by atomic mass is 9.97. The number of rotatable bonds is 5. The lowest BCUT2D eigenvalue weighted by molar-refractivity contribution is 0.0692. The van der Waals surface area contributed by atoms with Crippen LogP contribution in [0.2, 0.25) is 0 Å². The first-order chi connectivity index (χ1) is 10.1. The second-order valence-electron chi connectivity index (χ2n) is 4.25. The molecule has 0 spiro atoms. The normalized spacial score (nSPS) is 10.0. The highest BCUT2D eigenvalue weighted by Crippen LogP contribution is 2.27. The molecule has 0 amide bonds. The molecule has 0 saturated heterocycles. The zero-order valence-electron chi connectivity index (χ0n) is 11.6. The standard InChI is InChI=1S/C16H14O5/c1-20-10-7-8-14(21-2)13(9-10)15(17)11-5-3-4-6-12(11)16(18)19/h3-9H,1-2H3,(H,18,19). The van der Waals surface area contributed by atoms with E-state index in [-0.39, 0.29) is 16.7 Å². The van der Waals surface area contributed by atoms with Gasteiger partial charge in [0.15, 0.2) is 5.78 Å². The van der Waals surface area contributed by atoms with Crippen LogP contribution in [0.25, 0.3) is 0 Å². The molecule has 0 bridgehead atoms. The Morgan fingerprint density at radius 1 is 0.905 bits per heavy atom. The van der Waals surface area contributed by atoms with E-state index < -0.39 is 11.8 Å². The van der Waals surface area contributed by atoms with Gasteiger partial charge in [0.25, 0.3) is 0 Å². The van der Waals surface area contributed by atoms with Gasteiger partial charge in [-0.1, -0.05) is 18.2 Å². The summed E-state index contributed by atoms with van der Waals surface area (Å²) in [6, 6.07) is 10.9. The highest BCUT2D eigenvalue weighted by atomic mass is 16.5. The van der Waals surface area contributed by atoms with Gasteiger partial charge in [-0.05, 0) is 24.3 Å². The quantitative estimate of drug-likeness (QED) is 0.855. The summed E-state index contributed by atoms with van der Waals surface area (Å²) >= 11 is 0. The van der Waals surface area contributed by atoms with Crippen molar-refractivity contribution >= 4 is 11.8 Å². The van der Waals surface area contributed by atoms with Gasteiger partial charge in [-0.3, -0.25) is 4.79 Å². The minimum Gasteiger partial charge on any atom is -0.497 e. The number of aromatic carboxylic acids is 1. The number of hydrogen-bond acceptors (Lipinski definition) is 4. The molecule has 2 rings (SSSR count). The van der Waals surface area contributed by atoms with Crippen molar-refractivity contribution in [2.45, 2.75) is 0 Å². The maximum Gasteiger partial charge on any atom is 0.336 e. The van der Waals surface area contributed by atoms with Crippen molar-refractivity contribution in [3.8, 4) is 11.5 Å².